The van der Waals surface area contributed by atoms with Crippen LogP contribution in [0.25, 0.3) is 11.3 Å². The summed E-state index contributed by atoms with van der Waals surface area (Å²) in [5, 5.41) is 8.76. The fraction of sp³-hybridized carbons (Fsp3) is 0.294. The van der Waals surface area contributed by atoms with Crippen LogP contribution < -0.4 is 5.56 Å². The minimum atomic E-state index is -0.0650. The lowest BCUT2D eigenvalue weighted by atomic mass is 10.0. The zero-order valence-corrected chi connectivity index (χ0v) is 12.1. The minimum Gasteiger partial charge on any atom is -0.308 e. The minimum absolute atomic E-state index is 0.0650. The topological polar surface area (TPSA) is 45.8 Å². The quantitative estimate of drug-likeness (QED) is 0.856. The van der Waals surface area contributed by atoms with E-state index in [4.69, 9.17) is 5.26 Å². The maximum atomic E-state index is 12.3. The summed E-state index contributed by atoms with van der Waals surface area (Å²) in [6.07, 6.45) is 0.159. The molecule has 0 unspecified atom stereocenters. The first kappa shape index (κ1) is 14.1. The van der Waals surface area contributed by atoms with Crippen LogP contribution in [0.1, 0.15) is 23.6 Å². The summed E-state index contributed by atoms with van der Waals surface area (Å²) < 4.78 is 1.73. The molecular formula is C17H18N2O. The van der Waals surface area contributed by atoms with E-state index < -0.39 is 0 Å². The molecule has 0 N–H and O–H groups in total. The van der Waals surface area contributed by atoms with Gasteiger partial charge in [-0.05, 0) is 49.6 Å². The number of benzene rings is 1. The Morgan fingerprint density at radius 3 is 2.50 bits per heavy atom. The monoisotopic (exact) mass is 266 g/mol. The summed E-state index contributed by atoms with van der Waals surface area (Å²) in [5.74, 6) is 0. The Balaban J connectivity index is 2.63. The maximum absolute atomic E-state index is 12.3. The average Bonchev–Trinajstić information content (AvgIpc) is 2.44. The molecule has 0 aliphatic heterocycles. The highest BCUT2D eigenvalue weighted by atomic mass is 16.1. The molecule has 3 heteroatoms. The summed E-state index contributed by atoms with van der Waals surface area (Å²) in [6, 6.07) is 11.9. The van der Waals surface area contributed by atoms with E-state index in [1.807, 2.05) is 25.1 Å². The molecule has 0 atom stereocenters. The fourth-order valence-corrected chi connectivity index (χ4v) is 2.31. The van der Waals surface area contributed by atoms with Gasteiger partial charge < -0.3 is 4.57 Å². The van der Waals surface area contributed by atoms with Gasteiger partial charge in [0, 0.05) is 12.1 Å². The lowest BCUT2D eigenvalue weighted by molar-refractivity contribution is 0.727. The van der Waals surface area contributed by atoms with Crippen LogP contribution in [-0.2, 0) is 13.0 Å². The number of nitrogens with zero attached hydrogens (tertiary/aromatic N) is 2. The molecule has 102 valence electrons. The van der Waals surface area contributed by atoms with Crippen LogP contribution >= 0.6 is 0 Å². The molecule has 0 bridgehead atoms. The van der Waals surface area contributed by atoms with Gasteiger partial charge in [-0.1, -0.05) is 18.2 Å². The molecule has 0 amide bonds. The van der Waals surface area contributed by atoms with Crippen molar-refractivity contribution in [3.8, 4) is 17.3 Å². The number of pyridine rings is 1. The van der Waals surface area contributed by atoms with Gasteiger partial charge >= 0.3 is 0 Å². The molecule has 1 heterocycles. The molecule has 3 nitrogen and oxygen atoms in total. The Morgan fingerprint density at radius 1 is 1.15 bits per heavy atom. The Hall–Kier alpha value is -2.34. The first-order chi connectivity index (χ1) is 9.58. The van der Waals surface area contributed by atoms with Crippen molar-refractivity contribution in [1.82, 2.24) is 4.57 Å². The number of hydrogen-bond acceptors (Lipinski definition) is 2. The summed E-state index contributed by atoms with van der Waals surface area (Å²) in [7, 11) is 0. The van der Waals surface area contributed by atoms with Gasteiger partial charge in [0.2, 0.25) is 0 Å². The van der Waals surface area contributed by atoms with Crippen molar-refractivity contribution in [2.45, 2.75) is 33.7 Å². The van der Waals surface area contributed by atoms with Gasteiger partial charge in [-0.3, -0.25) is 4.79 Å². The summed E-state index contributed by atoms with van der Waals surface area (Å²) >= 11 is 0. The molecule has 1 aromatic carbocycles. The Bertz CT molecular complexity index is 736. The van der Waals surface area contributed by atoms with E-state index >= 15 is 0 Å². The first-order valence-electron chi connectivity index (χ1n) is 6.75. The van der Waals surface area contributed by atoms with Crippen LogP contribution in [0.3, 0.4) is 0 Å². The van der Waals surface area contributed by atoms with E-state index in [9.17, 15) is 4.79 Å². The number of aromatic nitrogens is 1. The van der Waals surface area contributed by atoms with Gasteiger partial charge in [-0.25, -0.2) is 0 Å². The van der Waals surface area contributed by atoms with Crippen molar-refractivity contribution < 1.29 is 0 Å². The smallest absolute Gasteiger partial charge is 0.255 e. The van der Waals surface area contributed by atoms with Crippen LogP contribution in [0.2, 0.25) is 0 Å². The van der Waals surface area contributed by atoms with Crippen LogP contribution in [-0.4, -0.2) is 4.57 Å². The van der Waals surface area contributed by atoms with E-state index in [1.165, 1.54) is 11.1 Å². The molecule has 1 aromatic heterocycles. The second-order valence-electron chi connectivity index (χ2n) is 4.93. The second-order valence-corrected chi connectivity index (χ2v) is 4.93. The van der Waals surface area contributed by atoms with Gasteiger partial charge in [-0.15, -0.1) is 0 Å². The van der Waals surface area contributed by atoms with Crippen molar-refractivity contribution in [3.05, 3.63) is 57.4 Å². The molecule has 2 aromatic rings. The Labute approximate surface area is 119 Å². The Kier molecular flexibility index (Phi) is 4.05. The molecule has 0 saturated heterocycles. The predicted octanol–water partition coefficient (Wildman–Crippen LogP) is 3.22. The highest BCUT2D eigenvalue weighted by molar-refractivity contribution is 5.61. The third-order valence-electron chi connectivity index (χ3n) is 3.64. The molecule has 0 fully saturated rings. The second kappa shape index (κ2) is 5.75. The SMILES string of the molecule is CCn1c(-c2ccc(C)c(C)c2)ccc(CC#N)c1=O. The zero-order chi connectivity index (χ0) is 14.7. The lowest BCUT2D eigenvalue weighted by Gasteiger charge is -2.13. The van der Waals surface area contributed by atoms with E-state index in [-0.39, 0.29) is 12.0 Å². The standard InChI is InChI=1S/C17H18N2O/c1-4-19-16(8-7-14(9-10-18)17(19)20)15-6-5-12(2)13(3)11-15/h5-8,11H,4,9H2,1-3H3. The summed E-state index contributed by atoms with van der Waals surface area (Å²) in [5.41, 5.74) is 4.88. The largest absolute Gasteiger partial charge is 0.308 e. The highest BCUT2D eigenvalue weighted by Crippen LogP contribution is 2.21. The van der Waals surface area contributed by atoms with E-state index in [0.29, 0.717) is 12.1 Å². The van der Waals surface area contributed by atoms with Crippen LogP contribution in [0.5, 0.6) is 0 Å². The molecule has 0 saturated carbocycles. The molecule has 20 heavy (non-hydrogen) atoms. The van der Waals surface area contributed by atoms with E-state index in [2.05, 4.69) is 26.0 Å². The molecule has 0 aliphatic rings. The fourth-order valence-electron chi connectivity index (χ4n) is 2.31. The number of aryl methyl sites for hydroxylation is 2. The molecular weight excluding hydrogens is 248 g/mol. The molecule has 0 aliphatic carbocycles. The zero-order valence-electron chi connectivity index (χ0n) is 12.1. The van der Waals surface area contributed by atoms with Crippen molar-refractivity contribution >= 4 is 0 Å². The average molecular weight is 266 g/mol. The first-order valence-corrected chi connectivity index (χ1v) is 6.75. The van der Waals surface area contributed by atoms with Crippen molar-refractivity contribution in [3.63, 3.8) is 0 Å². The van der Waals surface area contributed by atoms with Crippen LogP contribution in [0.15, 0.2) is 35.1 Å². The van der Waals surface area contributed by atoms with Crippen molar-refractivity contribution in [2.75, 3.05) is 0 Å². The van der Waals surface area contributed by atoms with E-state index in [1.54, 1.807) is 10.6 Å². The normalized spacial score (nSPS) is 10.3. The molecule has 0 radical (unpaired) electrons. The van der Waals surface area contributed by atoms with Crippen molar-refractivity contribution in [2.24, 2.45) is 0 Å². The number of rotatable bonds is 3. The summed E-state index contributed by atoms with van der Waals surface area (Å²) in [6.45, 7) is 6.68. The number of nitriles is 1. The Morgan fingerprint density at radius 2 is 1.90 bits per heavy atom. The van der Waals surface area contributed by atoms with Crippen molar-refractivity contribution in [1.29, 1.82) is 5.26 Å². The third kappa shape index (κ3) is 2.50. The predicted molar refractivity (Wildman–Crippen MR) is 80.6 cm³/mol. The maximum Gasteiger partial charge on any atom is 0.255 e. The highest BCUT2D eigenvalue weighted by Gasteiger charge is 2.09. The van der Waals surface area contributed by atoms with Gasteiger partial charge in [0.05, 0.1) is 18.2 Å². The van der Waals surface area contributed by atoms with Gasteiger partial charge in [0.25, 0.3) is 5.56 Å². The van der Waals surface area contributed by atoms with Gasteiger partial charge in [-0.2, -0.15) is 5.26 Å². The summed E-state index contributed by atoms with van der Waals surface area (Å²) in [4.78, 5) is 12.3. The van der Waals surface area contributed by atoms with Gasteiger partial charge in [0.15, 0.2) is 0 Å². The van der Waals surface area contributed by atoms with Crippen LogP contribution in [0.4, 0.5) is 0 Å². The number of hydrogen-bond donors (Lipinski definition) is 0. The van der Waals surface area contributed by atoms with Gasteiger partial charge in [0.1, 0.15) is 0 Å². The van der Waals surface area contributed by atoms with Crippen LogP contribution in [0, 0.1) is 25.2 Å². The third-order valence-corrected chi connectivity index (χ3v) is 3.64. The molecule has 0 spiro atoms. The molecule has 2 rings (SSSR count). The lowest BCUT2D eigenvalue weighted by Crippen LogP contribution is -2.24. The van der Waals surface area contributed by atoms with E-state index in [0.717, 1.165) is 11.3 Å².